The minimum atomic E-state index is -4.05. The van der Waals surface area contributed by atoms with Gasteiger partial charge < -0.3 is 20.7 Å². The first kappa shape index (κ1) is 31.0. The van der Waals surface area contributed by atoms with Crippen molar-refractivity contribution in [3.8, 4) is 0 Å². The number of nitrogens with two attached hydrogens (primary N) is 1. The molecular formula is C26H41ClN4O5S2. The summed E-state index contributed by atoms with van der Waals surface area (Å²) >= 11 is 7.86. The zero-order valence-electron chi connectivity index (χ0n) is 22.6. The third-order valence-corrected chi connectivity index (χ3v) is 9.84. The molecular weight excluding hydrogens is 548 g/mol. The van der Waals surface area contributed by atoms with E-state index in [0.717, 1.165) is 37.0 Å². The summed E-state index contributed by atoms with van der Waals surface area (Å²) in [6.45, 7) is 8.25. The van der Waals surface area contributed by atoms with Crippen LogP contribution in [0, 0.1) is 11.3 Å². The van der Waals surface area contributed by atoms with E-state index >= 15 is 0 Å². The highest BCUT2D eigenvalue weighted by atomic mass is 35.5. The highest BCUT2D eigenvalue weighted by Gasteiger charge is 2.35. The summed E-state index contributed by atoms with van der Waals surface area (Å²) in [4.78, 5) is 26.4. The number of fused-ring (bicyclic) bond motifs is 1. The van der Waals surface area contributed by atoms with E-state index in [9.17, 15) is 18.0 Å². The number of carbonyl (C=O) groups is 2. The molecule has 1 amide bonds. The number of nitrogens with zero attached hydrogens (tertiary/aromatic N) is 1. The predicted octanol–water partition coefficient (Wildman–Crippen LogP) is 3.25. The largest absolute Gasteiger partial charge is 0.466 e. The molecule has 1 aromatic carbocycles. The lowest BCUT2D eigenvalue weighted by molar-refractivity contribution is -0.141. The lowest BCUT2D eigenvalue weighted by Gasteiger charge is -2.35. The highest BCUT2D eigenvalue weighted by molar-refractivity contribution is 7.99. The molecule has 0 saturated carbocycles. The molecule has 0 spiro atoms. The van der Waals surface area contributed by atoms with Crippen LogP contribution in [-0.2, 0) is 30.8 Å². The molecule has 2 aliphatic rings. The molecule has 4 N–H and O–H groups in total. The molecule has 0 unspecified atom stereocenters. The fourth-order valence-electron chi connectivity index (χ4n) is 4.92. The van der Waals surface area contributed by atoms with Gasteiger partial charge in [-0.3, -0.25) is 9.59 Å². The number of halogens is 1. The van der Waals surface area contributed by atoms with E-state index in [2.05, 4.69) is 23.9 Å². The number of esters is 1. The molecule has 38 heavy (non-hydrogen) atoms. The maximum absolute atomic E-state index is 13.7. The minimum Gasteiger partial charge on any atom is -0.466 e. The van der Waals surface area contributed by atoms with E-state index in [-0.39, 0.29) is 22.2 Å². The van der Waals surface area contributed by atoms with Crippen molar-refractivity contribution in [1.29, 1.82) is 0 Å². The maximum Gasteiger partial charge on any atom is 0.302 e. The van der Waals surface area contributed by atoms with Gasteiger partial charge in [0.15, 0.2) is 0 Å². The third-order valence-electron chi connectivity index (χ3n) is 6.98. The Morgan fingerprint density at radius 2 is 2.03 bits per heavy atom. The number of amides is 1. The molecule has 9 nitrogen and oxygen atoms in total. The van der Waals surface area contributed by atoms with Crippen LogP contribution in [0.4, 0.5) is 5.69 Å². The van der Waals surface area contributed by atoms with Crippen LogP contribution < -0.4 is 15.8 Å². The number of likely N-dealkylation sites (tertiary alicyclic amines) is 1. The first-order valence-electron chi connectivity index (χ1n) is 13.2. The monoisotopic (exact) mass is 588 g/mol. The molecule has 214 valence electrons. The van der Waals surface area contributed by atoms with Crippen molar-refractivity contribution in [2.45, 2.75) is 63.8 Å². The number of sulfonamides is 1. The summed E-state index contributed by atoms with van der Waals surface area (Å²) in [6.07, 6.45) is 3.81. The number of ether oxygens (including phenoxy) is 1. The molecule has 12 heteroatoms. The second kappa shape index (κ2) is 13.7. The van der Waals surface area contributed by atoms with E-state index < -0.39 is 16.1 Å². The van der Waals surface area contributed by atoms with Crippen LogP contribution in [0.5, 0.6) is 0 Å². The van der Waals surface area contributed by atoms with Crippen molar-refractivity contribution in [1.82, 2.24) is 9.62 Å². The SMILES string of the molecule is CC(=O)OCCC1CCN(C(=O)[C@H](CSCCCN)NS(=O)(=O)c2cc(Cl)cc3c2NCC(C)(C)C3)CC1. The van der Waals surface area contributed by atoms with Crippen LogP contribution in [0.25, 0.3) is 0 Å². The van der Waals surface area contributed by atoms with Gasteiger partial charge in [0.1, 0.15) is 10.9 Å². The second-order valence-electron chi connectivity index (χ2n) is 10.9. The Kier molecular flexibility index (Phi) is 11.2. The first-order chi connectivity index (χ1) is 17.9. The maximum atomic E-state index is 13.7. The quantitative estimate of drug-likeness (QED) is 0.250. The normalized spacial score (nSPS) is 18.4. The summed E-state index contributed by atoms with van der Waals surface area (Å²) in [5, 5.41) is 3.63. The van der Waals surface area contributed by atoms with Crippen molar-refractivity contribution in [2.75, 3.05) is 49.6 Å². The van der Waals surface area contributed by atoms with Crippen LogP contribution in [0.2, 0.25) is 5.02 Å². The molecule has 1 aromatic rings. The number of piperidine rings is 1. The van der Waals surface area contributed by atoms with E-state index in [4.69, 9.17) is 22.1 Å². The van der Waals surface area contributed by atoms with Crippen LogP contribution in [0.3, 0.4) is 0 Å². The average molecular weight is 589 g/mol. The van der Waals surface area contributed by atoms with Crippen molar-refractivity contribution in [3.05, 3.63) is 22.7 Å². The average Bonchev–Trinajstić information content (AvgIpc) is 2.84. The molecule has 0 radical (unpaired) electrons. The molecule has 3 rings (SSSR count). The van der Waals surface area contributed by atoms with Gasteiger partial charge in [-0.05, 0) is 73.4 Å². The number of hydrogen-bond acceptors (Lipinski definition) is 8. The Hall–Kier alpha value is -1.53. The molecule has 1 saturated heterocycles. The topological polar surface area (TPSA) is 131 Å². The summed E-state index contributed by atoms with van der Waals surface area (Å²) < 4.78 is 35.1. The summed E-state index contributed by atoms with van der Waals surface area (Å²) in [5.74, 6) is 0.898. The number of hydrogen-bond donors (Lipinski definition) is 3. The minimum absolute atomic E-state index is 0.0331. The molecule has 1 fully saturated rings. The highest BCUT2D eigenvalue weighted by Crippen LogP contribution is 2.38. The van der Waals surface area contributed by atoms with Gasteiger partial charge in [0.05, 0.1) is 12.3 Å². The van der Waals surface area contributed by atoms with Crippen LogP contribution in [0.1, 0.15) is 52.0 Å². The van der Waals surface area contributed by atoms with Gasteiger partial charge in [0, 0.05) is 37.3 Å². The Morgan fingerprint density at radius 3 is 2.68 bits per heavy atom. The van der Waals surface area contributed by atoms with Gasteiger partial charge in [-0.2, -0.15) is 16.5 Å². The number of rotatable bonds is 12. The number of anilines is 1. The summed E-state index contributed by atoms with van der Waals surface area (Å²) in [7, 11) is -4.05. The number of nitrogens with one attached hydrogen (secondary N) is 2. The van der Waals surface area contributed by atoms with Gasteiger partial charge in [-0.25, -0.2) is 8.42 Å². The third kappa shape index (κ3) is 8.74. The Morgan fingerprint density at radius 1 is 1.32 bits per heavy atom. The predicted molar refractivity (Wildman–Crippen MR) is 153 cm³/mol. The molecule has 0 aromatic heterocycles. The van der Waals surface area contributed by atoms with E-state index in [1.54, 1.807) is 11.0 Å². The van der Waals surface area contributed by atoms with Crippen molar-refractivity contribution >= 4 is 50.9 Å². The van der Waals surface area contributed by atoms with Gasteiger partial charge in [-0.1, -0.05) is 25.4 Å². The summed E-state index contributed by atoms with van der Waals surface area (Å²) in [6, 6.07) is 2.35. The van der Waals surface area contributed by atoms with Crippen molar-refractivity contribution in [3.63, 3.8) is 0 Å². The van der Waals surface area contributed by atoms with Gasteiger partial charge >= 0.3 is 5.97 Å². The van der Waals surface area contributed by atoms with Crippen LogP contribution in [-0.4, -0.2) is 75.5 Å². The lowest BCUT2D eigenvalue weighted by atomic mass is 9.82. The Balaban J connectivity index is 1.74. The van der Waals surface area contributed by atoms with Crippen molar-refractivity contribution in [2.24, 2.45) is 17.1 Å². The van der Waals surface area contributed by atoms with E-state index in [1.807, 2.05) is 0 Å². The molecule has 1 atom stereocenters. The van der Waals surface area contributed by atoms with Crippen LogP contribution in [0.15, 0.2) is 17.0 Å². The lowest BCUT2D eigenvalue weighted by Crippen LogP contribution is -2.52. The zero-order valence-corrected chi connectivity index (χ0v) is 24.9. The second-order valence-corrected chi connectivity index (χ2v) is 14.2. The molecule has 2 aliphatic heterocycles. The Bertz CT molecular complexity index is 1090. The number of benzene rings is 1. The van der Waals surface area contributed by atoms with Crippen molar-refractivity contribution < 1.29 is 22.7 Å². The molecule has 0 aliphatic carbocycles. The zero-order chi connectivity index (χ0) is 27.9. The van der Waals surface area contributed by atoms with Gasteiger partial charge in [0.2, 0.25) is 15.9 Å². The molecule has 0 bridgehead atoms. The fraction of sp³-hybridized carbons (Fsp3) is 0.692. The number of carbonyl (C=O) groups excluding carboxylic acids is 2. The number of thioether (sulfide) groups is 1. The standard InChI is InChI=1S/C26H41ClN4O5S2/c1-18(32)36-11-7-19-5-9-31(10-6-19)25(33)22(16-37-12-4-8-28)30-38(34,35)23-14-21(27)13-20-15-26(2,3)17-29-24(20)23/h13-14,19,22,29-30H,4-12,15-17,28H2,1-3H3/t22-/m0/s1. The summed E-state index contributed by atoms with van der Waals surface area (Å²) in [5.41, 5.74) is 6.99. The fourth-order valence-corrected chi connectivity index (χ4v) is 7.77. The Labute approximate surface area is 236 Å². The first-order valence-corrected chi connectivity index (χ1v) is 16.2. The van der Waals surface area contributed by atoms with Gasteiger partial charge in [0.25, 0.3) is 0 Å². The smallest absolute Gasteiger partial charge is 0.302 e. The van der Waals surface area contributed by atoms with Crippen LogP contribution >= 0.6 is 23.4 Å². The molecule has 2 heterocycles. The van der Waals surface area contributed by atoms with Gasteiger partial charge in [-0.15, -0.1) is 0 Å². The van der Waals surface area contributed by atoms with E-state index in [1.165, 1.54) is 24.8 Å². The van der Waals surface area contributed by atoms with E-state index in [0.29, 0.717) is 61.6 Å².